The summed E-state index contributed by atoms with van der Waals surface area (Å²) in [6.07, 6.45) is 0.891. The van der Waals surface area contributed by atoms with Crippen molar-refractivity contribution < 1.29 is 4.79 Å². The third-order valence-corrected chi connectivity index (χ3v) is 5.38. The smallest absolute Gasteiger partial charge is 0.251 e. The van der Waals surface area contributed by atoms with E-state index in [0.717, 1.165) is 23.4 Å². The van der Waals surface area contributed by atoms with Gasteiger partial charge < -0.3 is 10.2 Å². The number of H-pyrrole nitrogens is 1. The summed E-state index contributed by atoms with van der Waals surface area (Å²) in [6, 6.07) is 16.4. The highest BCUT2D eigenvalue weighted by molar-refractivity contribution is 5.94. The molecule has 0 saturated heterocycles. The average molecular weight is 360 g/mol. The van der Waals surface area contributed by atoms with Gasteiger partial charge in [-0.1, -0.05) is 36.4 Å². The minimum absolute atomic E-state index is 0.0464. The zero-order valence-corrected chi connectivity index (χ0v) is 15.9. The number of nitrogens with zero attached hydrogens (tertiary/aromatic N) is 2. The van der Waals surface area contributed by atoms with Crippen LogP contribution in [0.4, 0.5) is 0 Å². The molecule has 1 aliphatic carbocycles. The van der Waals surface area contributed by atoms with E-state index in [4.69, 9.17) is 0 Å². The van der Waals surface area contributed by atoms with E-state index < -0.39 is 0 Å². The van der Waals surface area contributed by atoms with Crippen molar-refractivity contribution in [2.45, 2.75) is 19.4 Å². The molecule has 4 rings (SSSR count). The van der Waals surface area contributed by atoms with E-state index in [-0.39, 0.29) is 5.91 Å². The van der Waals surface area contributed by atoms with Crippen LogP contribution in [0.15, 0.2) is 48.5 Å². The van der Waals surface area contributed by atoms with E-state index >= 15 is 0 Å². The molecule has 5 heteroatoms. The maximum absolute atomic E-state index is 12.4. The van der Waals surface area contributed by atoms with Gasteiger partial charge in [-0.05, 0) is 38.7 Å². The number of likely N-dealkylation sites (N-methyl/N-ethyl adjacent to an activating group) is 1. The Morgan fingerprint density at radius 3 is 2.67 bits per heavy atom. The Kier molecular flexibility index (Phi) is 4.54. The van der Waals surface area contributed by atoms with Gasteiger partial charge in [-0.25, -0.2) is 0 Å². The number of nitrogens with one attached hydrogen (secondary N) is 2. The van der Waals surface area contributed by atoms with Crippen LogP contribution in [0.5, 0.6) is 0 Å². The Hall–Kier alpha value is -2.92. The van der Waals surface area contributed by atoms with Gasteiger partial charge in [-0.3, -0.25) is 9.89 Å². The molecule has 0 spiro atoms. The first kappa shape index (κ1) is 17.5. The van der Waals surface area contributed by atoms with Crippen molar-refractivity contribution in [3.8, 4) is 22.5 Å². The predicted molar refractivity (Wildman–Crippen MR) is 108 cm³/mol. The normalized spacial score (nSPS) is 13.3. The topological polar surface area (TPSA) is 61.0 Å². The molecule has 1 aliphatic rings. The zero-order chi connectivity index (χ0) is 19.0. The Labute approximate surface area is 159 Å². The molecule has 2 aromatic carbocycles. The van der Waals surface area contributed by atoms with Crippen molar-refractivity contribution in [3.05, 3.63) is 65.2 Å². The molecule has 27 heavy (non-hydrogen) atoms. The molecule has 1 amide bonds. The van der Waals surface area contributed by atoms with Crippen LogP contribution >= 0.6 is 0 Å². The van der Waals surface area contributed by atoms with Gasteiger partial charge in [0.1, 0.15) is 0 Å². The Balaban J connectivity index is 1.51. The third-order valence-electron chi connectivity index (χ3n) is 5.38. The fourth-order valence-corrected chi connectivity index (χ4v) is 3.41. The van der Waals surface area contributed by atoms with Gasteiger partial charge in [0.15, 0.2) is 0 Å². The van der Waals surface area contributed by atoms with Crippen molar-refractivity contribution in [1.82, 2.24) is 20.4 Å². The number of aromatic nitrogens is 2. The standard InChI is InChI=1S/C22H24N4O/c1-14(26(2)3)13-23-22(27)16-10-8-15(9-11-16)20-19-12-17-6-4-5-7-18(17)21(19)25-24-20/h4-11,14H,12-13H2,1-3H3,(H,23,27)(H,24,25). The molecular weight excluding hydrogens is 336 g/mol. The van der Waals surface area contributed by atoms with Crippen molar-refractivity contribution in [1.29, 1.82) is 0 Å². The van der Waals surface area contributed by atoms with Crippen LogP contribution in [-0.4, -0.2) is 47.7 Å². The van der Waals surface area contributed by atoms with Gasteiger partial charge in [-0.15, -0.1) is 0 Å². The highest BCUT2D eigenvalue weighted by atomic mass is 16.1. The highest BCUT2D eigenvalue weighted by Gasteiger charge is 2.24. The summed E-state index contributed by atoms with van der Waals surface area (Å²) in [5.41, 5.74) is 7.56. The maximum Gasteiger partial charge on any atom is 0.251 e. The number of hydrogen-bond donors (Lipinski definition) is 2. The minimum Gasteiger partial charge on any atom is -0.350 e. The van der Waals surface area contributed by atoms with Crippen LogP contribution in [0, 0.1) is 0 Å². The largest absolute Gasteiger partial charge is 0.350 e. The number of benzene rings is 2. The summed E-state index contributed by atoms with van der Waals surface area (Å²) in [6.45, 7) is 2.71. The monoisotopic (exact) mass is 360 g/mol. The number of carbonyl (C=O) groups excluding carboxylic acids is 1. The van der Waals surface area contributed by atoms with Crippen LogP contribution in [0.25, 0.3) is 22.5 Å². The fraction of sp³-hybridized carbons (Fsp3) is 0.273. The van der Waals surface area contributed by atoms with Crippen LogP contribution in [0.1, 0.15) is 28.4 Å². The summed E-state index contributed by atoms with van der Waals surface area (Å²) in [5, 5.41) is 10.7. The molecule has 0 bridgehead atoms. The molecule has 1 unspecified atom stereocenters. The van der Waals surface area contributed by atoms with Crippen LogP contribution in [-0.2, 0) is 6.42 Å². The second kappa shape index (κ2) is 7.00. The molecule has 5 nitrogen and oxygen atoms in total. The van der Waals surface area contributed by atoms with Crippen molar-refractivity contribution >= 4 is 5.91 Å². The number of amides is 1. The molecule has 1 atom stereocenters. The lowest BCUT2D eigenvalue weighted by molar-refractivity contribution is 0.0943. The molecule has 3 aromatic rings. The Bertz CT molecular complexity index is 972. The molecule has 0 fully saturated rings. The van der Waals surface area contributed by atoms with Gasteiger partial charge in [0.05, 0.1) is 11.4 Å². The summed E-state index contributed by atoms with van der Waals surface area (Å²) in [5.74, 6) is -0.0464. The first-order valence-corrected chi connectivity index (χ1v) is 9.25. The number of aromatic amines is 1. The highest BCUT2D eigenvalue weighted by Crippen LogP contribution is 2.39. The van der Waals surface area contributed by atoms with E-state index in [1.807, 2.05) is 38.4 Å². The van der Waals surface area contributed by atoms with Gasteiger partial charge in [0.25, 0.3) is 5.91 Å². The van der Waals surface area contributed by atoms with Crippen molar-refractivity contribution in [2.75, 3.05) is 20.6 Å². The van der Waals surface area contributed by atoms with E-state index in [1.54, 1.807) is 0 Å². The lowest BCUT2D eigenvalue weighted by Crippen LogP contribution is -2.38. The van der Waals surface area contributed by atoms with Gasteiger partial charge in [0.2, 0.25) is 0 Å². The van der Waals surface area contributed by atoms with E-state index in [2.05, 4.69) is 51.6 Å². The van der Waals surface area contributed by atoms with Gasteiger partial charge in [0, 0.05) is 41.3 Å². The summed E-state index contributed by atoms with van der Waals surface area (Å²) < 4.78 is 0. The quantitative estimate of drug-likeness (QED) is 0.574. The van der Waals surface area contributed by atoms with Crippen molar-refractivity contribution in [3.63, 3.8) is 0 Å². The number of fused-ring (bicyclic) bond motifs is 3. The Morgan fingerprint density at radius 2 is 1.93 bits per heavy atom. The van der Waals surface area contributed by atoms with Crippen LogP contribution in [0.2, 0.25) is 0 Å². The SMILES string of the molecule is CC(CNC(=O)c1ccc(-c2n[nH]c3c2Cc2ccccc2-3)cc1)N(C)C. The number of hydrogen-bond acceptors (Lipinski definition) is 3. The van der Waals surface area contributed by atoms with Gasteiger partial charge >= 0.3 is 0 Å². The van der Waals surface area contributed by atoms with Crippen molar-refractivity contribution in [2.24, 2.45) is 0 Å². The minimum atomic E-state index is -0.0464. The second-order valence-corrected chi connectivity index (χ2v) is 7.36. The third kappa shape index (κ3) is 3.26. The first-order valence-electron chi connectivity index (χ1n) is 9.25. The molecular formula is C22H24N4O. The average Bonchev–Trinajstić information content (AvgIpc) is 3.25. The van der Waals surface area contributed by atoms with E-state index in [0.29, 0.717) is 18.2 Å². The lowest BCUT2D eigenvalue weighted by Gasteiger charge is -2.19. The summed E-state index contributed by atoms with van der Waals surface area (Å²) >= 11 is 0. The molecule has 1 aromatic heterocycles. The molecule has 0 saturated carbocycles. The van der Waals surface area contributed by atoms with Gasteiger partial charge in [-0.2, -0.15) is 5.10 Å². The summed E-state index contributed by atoms with van der Waals surface area (Å²) in [4.78, 5) is 14.4. The van der Waals surface area contributed by atoms with Crippen LogP contribution in [0.3, 0.4) is 0 Å². The van der Waals surface area contributed by atoms with E-state index in [9.17, 15) is 4.79 Å². The Morgan fingerprint density at radius 1 is 1.19 bits per heavy atom. The zero-order valence-electron chi connectivity index (χ0n) is 15.9. The molecule has 2 N–H and O–H groups in total. The lowest BCUT2D eigenvalue weighted by atomic mass is 10.0. The second-order valence-electron chi connectivity index (χ2n) is 7.36. The first-order chi connectivity index (χ1) is 13.0. The molecule has 1 heterocycles. The molecule has 0 aliphatic heterocycles. The molecule has 0 radical (unpaired) electrons. The fourth-order valence-electron chi connectivity index (χ4n) is 3.41. The number of carbonyl (C=O) groups is 1. The predicted octanol–water partition coefficient (Wildman–Crippen LogP) is 3.33. The van der Waals surface area contributed by atoms with Crippen LogP contribution < -0.4 is 5.32 Å². The van der Waals surface area contributed by atoms with E-state index in [1.165, 1.54) is 16.7 Å². The summed E-state index contributed by atoms with van der Waals surface area (Å²) in [7, 11) is 4.01. The maximum atomic E-state index is 12.4. The molecule has 138 valence electrons. The number of rotatable bonds is 5.